The first-order chi connectivity index (χ1) is 12.6. The van der Waals surface area contributed by atoms with Gasteiger partial charge in [-0.3, -0.25) is 0 Å². The number of hydrogen-bond acceptors (Lipinski definition) is 3. The number of piperidine rings is 1. The summed E-state index contributed by atoms with van der Waals surface area (Å²) in [5.41, 5.74) is 1.64. The summed E-state index contributed by atoms with van der Waals surface area (Å²) in [6.07, 6.45) is 1.39. The molecule has 1 aromatic heterocycles. The summed E-state index contributed by atoms with van der Waals surface area (Å²) in [5, 5.41) is 11.5. The molecule has 4 rings (SSSR count). The third-order valence-corrected chi connectivity index (χ3v) is 5.78. The molecule has 26 heavy (non-hydrogen) atoms. The number of aromatic nitrogens is 1. The fourth-order valence-corrected chi connectivity index (χ4v) is 4.01. The van der Waals surface area contributed by atoms with Crippen molar-refractivity contribution in [2.24, 2.45) is 5.92 Å². The second kappa shape index (κ2) is 7.33. The number of fused-ring (bicyclic) bond motifs is 1. The minimum atomic E-state index is -0.422. The molecule has 1 N–H and O–H groups in total. The number of pyridine rings is 1. The van der Waals surface area contributed by atoms with Crippen molar-refractivity contribution in [3.63, 3.8) is 0 Å². The number of benzene rings is 2. The quantitative estimate of drug-likeness (QED) is 0.648. The van der Waals surface area contributed by atoms with E-state index in [-0.39, 0.29) is 11.7 Å². The Morgan fingerprint density at radius 2 is 1.81 bits per heavy atom. The summed E-state index contributed by atoms with van der Waals surface area (Å²) in [7, 11) is 0. The van der Waals surface area contributed by atoms with E-state index in [2.05, 4.69) is 25.8 Å². The number of rotatable bonds is 3. The largest absolute Gasteiger partial charge is 0.388 e. The first kappa shape index (κ1) is 17.4. The van der Waals surface area contributed by atoms with Gasteiger partial charge in [-0.2, -0.15) is 0 Å². The topological polar surface area (TPSA) is 36.4 Å². The van der Waals surface area contributed by atoms with Gasteiger partial charge in [0, 0.05) is 24.5 Å². The van der Waals surface area contributed by atoms with Crippen LogP contribution in [-0.2, 0) is 0 Å². The Bertz CT molecular complexity index is 911. The van der Waals surface area contributed by atoms with Crippen LogP contribution in [0.25, 0.3) is 10.9 Å². The van der Waals surface area contributed by atoms with Crippen molar-refractivity contribution in [2.45, 2.75) is 18.9 Å². The molecule has 1 saturated heterocycles. The molecule has 0 aliphatic carbocycles. The Kier molecular flexibility index (Phi) is 4.92. The van der Waals surface area contributed by atoms with Crippen LogP contribution >= 0.6 is 15.9 Å². The average molecular weight is 415 g/mol. The molecule has 0 bridgehead atoms. The molecule has 1 aliphatic rings. The van der Waals surface area contributed by atoms with Crippen LogP contribution in [0, 0.1) is 11.7 Å². The molecule has 0 spiro atoms. The van der Waals surface area contributed by atoms with Crippen LogP contribution in [0.15, 0.2) is 59.1 Å². The van der Waals surface area contributed by atoms with Crippen molar-refractivity contribution in [3.8, 4) is 0 Å². The number of hydrogen-bond donors (Lipinski definition) is 1. The maximum atomic E-state index is 13.8. The number of aliphatic hydroxyl groups is 1. The molecule has 0 saturated carbocycles. The van der Waals surface area contributed by atoms with Gasteiger partial charge in [0.05, 0.1) is 16.1 Å². The lowest BCUT2D eigenvalue weighted by Crippen LogP contribution is -2.36. The van der Waals surface area contributed by atoms with Gasteiger partial charge in [-0.15, -0.1) is 0 Å². The van der Waals surface area contributed by atoms with E-state index in [0.717, 1.165) is 42.7 Å². The highest BCUT2D eigenvalue weighted by Gasteiger charge is 2.26. The van der Waals surface area contributed by atoms with Crippen LogP contribution in [0.2, 0.25) is 0 Å². The molecule has 3 aromatic rings. The molecule has 0 unspecified atom stereocenters. The van der Waals surface area contributed by atoms with E-state index in [1.807, 2.05) is 42.5 Å². The Morgan fingerprint density at radius 1 is 1.08 bits per heavy atom. The van der Waals surface area contributed by atoms with E-state index in [1.165, 1.54) is 6.07 Å². The zero-order valence-electron chi connectivity index (χ0n) is 14.3. The van der Waals surface area contributed by atoms with Gasteiger partial charge in [-0.25, -0.2) is 9.37 Å². The fourth-order valence-electron chi connectivity index (χ4n) is 3.65. The zero-order valence-corrected chi connectivity index (χ0v) is 15.9. The molecular weight excluding hydrogens is 395 g/mol. The van der Waals surface area contributed by atoms with E-state index in [1.54, 1.807) is 6.07 Å². The highest BCUT2D eigenvalue weighted by Crippen LogP contribution is 2.32. The van der Waals surface area contributed by atoms with Gasteiger partial charge in [-0.1, -0.05) is 30.3 Å². The molecule has 0 radical (unpaired) electrons. The molecule has 2 heterocycles. The first-order valence-electron chi connectivity index (χ1n) is 8.85. The van der Waals surface area contributed by atoms with Gasteiger partial charge in [-0.05, 0) is 58.5 Å². The van der Waals surface area contributed by atoms with Crippen molar-refractivity contribution < 1.29 is 9.50 Å². The zero-order chi connectivity index (χ0) is 18.1. The summed E-state index contributed by atoms with van der Waals surface area (Å²) >= 11 is 3.21. The van der Waals surface area contributed by atoms with E-state index >= 15 is 0 Å². The maximum Gasteiger partial charge on any atom is 0.139 e. The summed E-state index contributed by atoms with van der Waals surface area (Å²) in [4.78, 5) is 6.85. The van der Waals surface area contributed by atoms with Crippen LogP contribution in [0.3, 0.4) is 0 Å². The lowest BCUT2D eigenvalue weighted by molar-refractivity contribution is 0.0929. The smallest absolute Gasteiger partial charge is 0.139 e. The Hall–Kier alpha value is -1.98. The summed E-state index contributed by atoms with van der Waals surface area (Å²) < 4.78 is 14.2. The highest BCUT2D eigenvalue weighted by atomic mass is 79.9. The number of anilines is 1. The number of aliphatic hydroxyl groups excluding tert-OH is 1. The summed E-state index contributed by atoms with van der Waals surface area (Å²) in [6.45, 7) is 1.68. The molecule has 1 aliphatic heterocycles. The van der Waals surface area contributed by atoms with Crippen LogP contribution in [-0.4, -0.2) is 23.2 Å². The number of nitrogens with zero attached hydrogens (tertiary/aromatic N) is 2. The van der Waals surface area contributed by atoms with Crippen molar-refractivity contribution in [1.29, 1.82) is 0 Å². The van der Waals surface area contributed by atoms with Crippen LogP contribution in [0.4, 0.5) is 10.2 Å². The maximum absolute atomic E-state index is 13.8. The second-order valence-electron chi connectivity index (χ2n) is 6.81. The Balaban J connectivity index is 1.48. The third-order valence-electron chi connectivity index (χ3n) is 5.17. The van der Waals surface area contributed by atoms with E-state index in [4.69, 9.17) is 0 Å². The Labute approximate surface area is 160 Å². The third kappa shape index (κ3) is 3.46. The SMILES string of the molecule is O[C@@H](c1ccccc1)C1CCN(c2ccc3cc(Br)c(F)cc3n2)CC1. The average Bonchev–Trinajstić information content (AvgIpc) is 2.69. The van der Waals surface area contributed by atoms with Crippen molar-refractivity contribution in [1.82, 2.24) is 4.98 Å². The molecule has 3 nitrogen and oxygen atoms in total. The van der Waals surface area contributed by atoms with E-state index in [0.29, 0.717) is 9.99 Å². The molecule has 1 atom stereocenters. The monoisotopic (exact) mass is 414 g/mol. The van der Waals surface area contributed by atoms with Gasteiger partial charge < -0.3 is 10.0 Å². The van der Waals surface area contributed by atoms with Crippen LogP contribution < -0.4 is 4.90 Å². The molecule has 134 valence electrons. The van der Waals surface area contributed by atoms with Crippen molar-refractivity contribution >= 4 is 32.7 Å². The molecule has 2 aromatic carbocycles. The summed E-state index contributed by atoms with van der Waals surface area (Å²) in [5.74, 6) is 0.821. The molecule has 5 heteroatoms. The minimum Gasteiger partial charge on any atom is -0.388 e. The van der Waals surface area contributed by atoms with Gasteiger partial charge in [0.1, 0.15) is 11.6 Å². The van der Waals surface area contributed by atoms with Crippen molar-refractivity contribution in [3.05, 3.63) is 70.5 Å². The highest BCUT2D eigenvalue weighted by molar-refractivity contribution is 9.10. The van der Waals surface area contributed by atoms with Crippen LogP contribution in [0.1, 0.15) is 24.5 Å². The van der Waals surface area contributed by atoms with E-state index < -0.39 is 6.10 Å². The van der Waals surface area contributed by atoms with Crippen molar-refractivity contribution in [2.75, 3.05) is 18.0 Å². The normalized spacial score (nSPS) is 16.8. The summed E-state index contributed by atoms with van der Waals surface area (Å²) in [6, 6.07) is 17.0. The first-order valence-corrected chi connectivity index (χ1v) is 9.65. The molecule has 0 amide bonds. The fraction of sp³-hybridized carbons (Fsp3) is 0.286. The minimum absolute atomic E-state index is 0.252. The van der Waals surface area contributed by atoms with Gasteiger partial charge in [0.25, 0.3) is 0 Å². The Morgan fingerprint density at radius 3 is 2.54 bits per heavy atom. The second-order valence-corrected chi connectivity index (χ2v) is 7.66. The predicted molar refractivity (Wildman–Crippen MR) is 106 cm³/mol. The van der Waals surface area contributed by atoms with E-state index in [9.17, 15) is 9.50 Å². The lowest BCUT2D eigenvalue weighted by Gasteiger charge is -2.35. The predicted octanol–water partition coefficient (Wildman–Crippen LogP) is 5.09. The van der Waals surface area contributed by atoms with Gasteiger partial charge >= 0.3 is 0 Å². The lowest BCUT2D eigenvalue weighted by atomic mass is 9.87. The van der Waals surface area contributed by atoms with Gasteiger partial charge in [0.2, 0.25) is 0 Å². The van der Waals surface area contributed by atoms with Gasteiger partial charge in [0.15, 0.2) is 0 Å². The number of halogens is 2. The molecule has 1 fully saturated rings. The van der Waals surface area contributed by atoms with Crippen LogP contribution in [0.5, 0.6) is 0 Å². The molecular formula is C21H20BrFN2O. The standard InChI is InChI=1S/C21H20BrFN2O/c22-17-12-16-6-7-20(24-19(16)13-18(17)23)25-10-8-15(9-11-25)21(26)14-4-2-1-3-5-14/h1-7,12-13,15,21,26H,8-11H2/t21-/m0/s1.